The van der Waals surface area contributed by atoms with E-state index in [0.29, 0.717) is 5.82 Å². The van der Waals surface area contributed by atoms with Crippen molar-refractivity contribution in [1.29, 1.82) is 0 Å². The van der Waals surface area contributed by atoms with Gasteiger partial charge in [-0.05, 0) is 38.4 Å². The fourth-order valence-corrected chi connectivity index (χ4v) is 3.68. The van der Waals surface area contributed by atoms with Gasteiger partial charge in [-0.2, -0.15) is 13.2 Å². The molecule has 4 N–H and O–H groups in total. The van der Waals surface area contributed by atoms with Crippen molar-refractivity contribution >= 4 is 35.4 Å². The second-order valence-electron chi connectivity index (χ2n) is 7.50. The highest BCUT2D eigenvalue weighted by Crippen LogP contribution is 2.31. The smallest absolute Gasteiger partial charge is 0.475 e. The fourth-order valence-electron chi connectivity index (χ4n) is 3.68. The number of fused-ring (bicyclic) bond motifs is 1. The number of pyridine rings is 1. The number of halogens is 3. The summed E-state index contributed by atoms with van der Waals surface area (Å²) in [6, 6.07) is 0.698. The monoisotopic (exact) mass is 471 g/mol. The third-order valence-corrected chi connectivity index (χ3v) is 5.28. The Morgan fingerprint density at radius 1 is 1.12 bits per heavy atom. The number of nitrogens with zero attached hydrogens (tertiary/aromatic N) is 2. The molecule has 3 aliphatic rings. The summed E-state index contributed by atoms with van der Waals surface area (Å²) < 4.78 is 31.7. The number of amides is 4. The van der Waals surface area contributed by atoms with Crippen molar-refractivity contribution in [1.82, 2.24) is 20.5 Å². The number of rotatable bonds is 3. The molecule has 0 bridgehead atoms. The highest BCUT2D eigenvalue weighted by molar-refractivity contribution is 6.25. The van der Waals surface area contributed by atoms with Gasteiger partial charge in [0.2, 0.25) is 11.8 Å². The molecule has 33 heavy (non-hydrogen) atoms. The van der Waals surface area contributed by atoms with Gasteiger partial charge in [0.15, 0.2) is 0 Å². The molecule has 2 fully saturated rings. The first-order chi connectivity index (χ1) is 15.5. The first-order valence-corrected chi connectivity index (χ1v) is 9.98. The Balaban J connectivity index is 0.000000383. The van der Waals surface area contributed by atoms with E-state index in [1.807, 2.05) is 0 Å². The Bertz CT molecular complexity index is 993. The molecule has 4 rings (SSSR count). The van der Waals surface area contributed by atoms with Gasteiger partial charge in [-0.3, -0.25) is 29.4 Å². The number of carboxylic acids is 1. The molecule has 14 heteroatoms. The molecule has 178 valence electrons. The molecule has 4 heterocycles. The first-order valence-electron chi connectivity index (χ1n) is 9.98. The molecule has 11 nitrogen and oxygen atoms in total. The number of aliphatic carboxylic acids is 1. The zero-order valence-corrected chi connectivity index (χ0v) is 17.1. The predicted molar refractivity (Wildman–Crippen MR) is 104 cm³/mol. The Morgan fingerprint density at radius 3 is 2.33 bits per heavy atom. The van der Waals surface area contributed by atoms with Crippen LogP contribution in [0.2, 0.25) is 0 Å². The van der Waals surface area contributed by atoms with E-state index in [1.54, 1.807) is 0 Å². The number of carboxylic acid groups (broad SMARTS) is 1. The number of alkyl halides is 3. The summed E-state index contributed by atoms with van der Waals surface area (Å²) in [5, 5.41) is 15.9. The minimum absolute atomic E-state index is 0.0994. The summed E-state index contributed by atoms with van der Waals surface area (Å²) in [6.07, 6.45) is -1.57. The van der Waals surface area contributed by atoms with Gasteiger partial charge in [0.25, 0.3) is 11.8 Å². The average Bonchev–Trinajstić information content (AvgIpc) is 3.00. The fraction of sp³-hybridized carbons (Fsp3) is 0.474. The standard InChI is InChI=1S/C17H19N5O4.C2HF3O2/c23-12-2-1-11(15(24)21-12)22-16(25)10-5-8-19-14(13(10)17(22)26)20-9-3-6-18-7-4-9;3-2(4,5)1(6)7/h5,8-9,11,18H,1-4,6-7H2,(H,19,20)(H,21,23,24);(H,6,7). The number of aromatic nitrogens is 1. The van der Waals surface area contributed by atoms with Crippen LogP contribution in [0.15, 0.2) is 12.3 Å². The van der Waals surface area contributed by atoms with Gasteiger partial charge < -0.3 is 15.7 Å². The minimum atomic E-state index is -5.08. The van der Waals surface area contributed by atoms with Crippen LogP contribution in [0.25, 0.3) is 0 Å². The molecule has 2 saturated heterocycles. The van der Waals surface area contributed by atoms with Crippen molar-refractivity contribution in [2.75, 3.05) is 18.4 Å². The molecule has 4 amide bonds. The van der Waals surface area contributed by atoms with Gasteiger partial charge in [-0.1, -0.05) is 0 Å². The molecular weight excluding hydrogens is 451 g/mol. The SMILES string of the molecule is O=C(O)C(F)(F)F.O=C1CCC(N2C(=O)c3ccnc(NC4CCNCC4)c3C2=O)C(=O)N1. The summed E-state index contributed by atoms with van der Waals surface area (Å²) in [5.41, 5.74) is 0.451. The van der Waals surface area contributed by atoms with Crippen molar-refractivity contribution < 1.29 is 42.3 Å². The van der Waals surface area contributed by atoms with E-state index in [1.165, 1.54) is 12.3 Å². The van der Waals surface area contributed by atoms with E-state index in [9.17, 15) is 32.3 Å². The van der Waals surface area contributed by atoms with E-state index >= 15 is 0 Å². The maximum atomic E-state index is 12.9. The summed E-state index contributed by atoms with van der Waals surface area (Å²) >= 11 is 0. The van der Waals surface area contributed by atoms with Crippen LogP contribution < -0.4 is 16.0 Å². The molecule has 1 aromatic rings. The van der Waals surface area contributed by atoms with E-state index in [-0.39, 0.29) is 30.0 Å². The number of imide groups is 2. The highest BCUT2D eigenvalue weighted by atomic mass is 19.4. The second kappa shape index (κ2) is 9.52. The van der Waals surface area contributed by atoms with Crippen LogP contribution in [0.5, 0.6) is 0 Å². The quantitative estimate of drug-likeness (QED) is 0.455. The molecule has 0 radical (unpaired) electrons. The molecule has 0 spiro atoms. The third kappa shape index (κ3) is 5.27. The molecule has 3 aliphatic heterocycles. The van der Waals surface area contributed by atoms with Crippen LogP contribution >= 0.6 is 0 Å². The number of hydrogen-bond donors (Lipinski definition) is 4. The molecule has 0 saturated carbocycles. The zero-order chi connectivity index (χ0) is 24.3. The predicted octanol–water partition coefficient (Wildman–Crippen LogP) is 0.280. The van der Waals surface area contributed by atoms with Crippen molar-refractivity contribution in [2.24, 2.45) is 0 Å². The Morgan fingerprint density at radius 2 is 1.76 bits per heavy atom. The molecule has 1 atom stereocenters. The molecule has 0 aromatic carbocycles. The van der Waals surface area contributed by atoms with Crippen molar-refractivity contribution in [3.8, 4) is 0 Å². The van der Waals surface area contributed by atoms with Gasteiger partial charge in [0.05, 0.1) is 11.1 Å². The summed E-state index contributed by atoms with van der Waals surface area (Å²) in [7, 11) is 0. The van der Waals surface area contributed by atoms with E-state index in [2.05, 4.69) is 20.9 Å². The van der Waals surface area contributed by atoms with Gasteiger partial charge in [0.1, 0.15) is 11.9 Å². The van der Waals surface area contributed by atoms with Crippen molar-refractivity contribution in [3.05, 3.63) is 23.4 Å². The van der Waals surface area contributed by atoms with Crippen LogP contribution in [0.3, 0.4) is 0 Å². The summed E-state index contributed by atoms with van der Waals surface area (Å²) in [4.78, 5) is 63.3. The molecule has 0 aliphatic carbocycles. The number of carbonyl (C=O) groups excluding carboxylic acids is 4. The van der Waals surface area contributed by atoms with Gasteiger partial charge in [-0.15, -0.1) is 0 Å². The maximum Gasteiger partial charge on any atom is 0.490 e. The first kappa shape index (κ1) is 24.1. The number of carbonyl (C=O) groups is 5. The number of nitrogens with one attached hydrogen (secondary N) is 3. The van der Waals surface area contributed by atoms with Crippen LogP contribution in [0.4, 0.5) is 19.0 Å². The van der Waals surface area contributed by atoms with E-state index in [4.69, 9.17) is 9.90 Å². The lowest BCUT2D eigenvalue weighted by Crippen LogP contribution is -2.54. The van der Waals surface area contributed by atoms with E-state index < -0.39 is 41.8 Å². The van der Waals surface area contributed by atoms with Crippen LogP contribution in [-0.4, -0.2) is 75.9 Å². The van der Waals surface area contributed by atoms with E-state index in [0.717, 1.165) is 30.8 Å². The Kier molecular flexibility index (Phi) is 6.95. The normalized spacial score (nSPS) is 21.2. The lowest BCUT2D eigenvalue weighted by atomic mass is 10.0. The topological polar surface area (TPSA) is 158 Å². The molecule has 1 aromatic heterocycles. The van der Waals surface area contributed by atoms with Crippen molar-refractivity contribution in [2.45, 2.75) is 43.9 Å². The van der Waals surface area contributed by atoms with Crippen LogP contribution in [0, 0.1) is 0 Å². The van der Waals surface area contributed by atoms with Gasteiger partial charge >= 0.3 is 12.1 Å². The average molecular weight is 471 g/mol. The van der Waals surface area contributed by atoms with Gasteiger partial charge in [0, 0.05) is 18.7 Å². The van der Waals surface area contributed by atoms with Crippen LogP contribution in [-0.2, 0) is 14.4 Å². The zero-order valence-electron chi connectivity index (χ0n) is 17.1. The van der Waals surface area contributed by atoms with Crippen molar-refractivity contribution in [3.63, 3.8) is 0 Å². The summed E-state index contributed by atoms with van der Waals surface area (Å²) in [5.74, 6) is -4.44. The summed E-state index contributed by atoms with van der Waals surface area (Å²) in [6.45, 7) is 1.75. The Labute approximate surface area is 184 Å². The maximum absolute atomic E-state index is 12.9. The van der Waals surface area contributed by atoms with Gasteiger partial charge in [-0.25, -0.2) is 9.78 Å². The lowest BCUT2D eigenvalue weighted by molar-refractivity contribution is -0.192. The number of hydrogen-bond acceptors (Lipinski definition) is 8. The third-order valence-electron chi connectivity index (χ3n) is 5.28. The number of anilines is 1. The minimum Gasteiger partial charge on any atom is -0.475 e. The largest absolute Gasteiger partial charge is 0.490 e. The lowest BCUT2D eigenvalue weighted by Gasteiger charge is -2.28. The number of piperidine rings is 2. The molecular formula is C19H20F3N5O6. The molecule has 1 unspecified atom stereocenters. The second-order valence-corrected chi connectivity index (χ2v) is 7.50. The Hall–Kier alpha value is -3.55. The van der Waals surface area contributed by atoms with Crippen LogP contribution in [0.1, 0.15) is 46.4 Å². The highest BCUT2D eigenvalue weighted by Gasteiger charge is 2.46.